The van der Waals surface area contributed by atoms with Gasteiger partial charge in [-0.25, -0.2) is 4.98 Å². The molecule has 0 aliphatic rings. The summed E-state index contributed by atoms with van der Waals surface area (Å²) in [7, 11) is 0. The zero-order chi connectivity index (χ0) is 10.1. The van der Waals surface area contributed by atoms with Gasteiger partial charge in [0.1, 0.15) is 10.7 Å². The summed E-state index contributed by atoms with van der Waals surface area (Å²) in [6, 6.07) is 0. The maximum atomic E-state index is 11.2. The van der Waals surface area contributed by atoms with E-state index >= 15 is 0 Å². The van der Waals surface area contributed by atoms with Crippen LogP contribution in [0.3, 0.4) is 0 Å². The van der Waals surface area contributed by atoms with Gasteiger partial charge >= 0.3 is 0 Å². The fourth-order valence-electron chi connectivity index (χ4n) is 1.14. The topological polar surface area (TPSA) is 71.5 Å². The lowest BCUT2D eigenvalue weighted by Crippen LogP contribution is -1.89. The molecule has 72 valence electrons. The molecular formula is C8H8N4OS. The summed E-state index contributed by atoms with van der Waals surface area (Å²) >= 11 is 1.34. The molecule has 0 aliphatic carbocycles. The van der Waals surface area contributed by atoms with Crippen molar-refractivity contribution in [3.63, 3.8) is 0 Å². The molecule has 0 bridgehead atoms. The van der Waals surface area contributed by atoms with Crippen LogP contribution >= 0.6 is 11.3 Å². The molecule has 0 aliphatic heterocycles. The number of carbonyl (C=O) groups is 1. The number of ketones is 1. The van der Waals surface area contributed by atoms with E-state index in [0.717, 1.165) is 10.7 Å². The molecule has 14 heavy (non-hydrogen) atoms. The Morgan fingerprint density at radius 2 is 2.36 bits per heavy atom. The van der Waals surface area contributed by atoms with Crippen LogP contribution in [0.2, 0.25) is 0 Å². The minimum Gasteiger partial charge on any atom is -0.294 e. The summed E-state index contributed by atoms with van der Waals surface area (Å²) in [4.78, 5) is 16.1. The second-order valence-corrected chi connectivity index (χ2v) is 3.84. The van der Waals surface area contributed by atoms with E-state index in [1.54, 1.807) is 6.20 Å². The highest BCUT2D eigenvalue weighted by Gasteiger charge is 2.13. The Labute approximate surface area is 84.2 Å². The first-order chi connectivity index (χ1) is 6.68. The lowest BCUT2D eigenvalue weighted by atomic mass is 10.3. The van der Waals surface area contributed by atoms with Crippen LogP contribution < -0.4 is 0 Å². The number of H-pyrrole nitrogens is 1. The van der Waals surface area contributed by atoms with E-state index in [1.807, 2.05) is 6.92 Å². The van der Waals surface area contributed by atoms with Gasteiger partial charge in [0.05, 0.1) is 16.8 Å². The molecule has 5 nitrogen and oxygen atoms in total. The van der Waals surface area contributed by atoms with E-state index < -0.39 is 0 Å². The van der Waals surface area contributed by atoms with Gasteiger partial charge in [0.2, 0.25) is 0 Å². The van der Waals surface area contributed by atoms with Crippen molar-refractivity contribution < 1.29 is 4.79 Å². The third-order valence-electron chi connectivity index (χ3n) is 1.75. The van der Waals surface area contributed by atoms with E-state index in [1.165, 1.54) is 18.3 Å². The molecule has 2 rings (SSSR count). The predicted octanol–water partition coefficient (Wildman–Crippen LogP) is 1.44. The highest BCUT2D eigenvalue weighted by atomic mass is 32.1. The van der Waals surface area contributed by atoms with E-state index in [0.29, 0.717) is 10.6 Å². The van der Waals surface area contributed by atoms with Crippen molar-refractivity contribution in [2.45, 2.75) is 13.8 Å². The van der Waals surface area contributed by atoms with Crippen molar-refractivity contribution in [2.24, 2.45) is 0 Å². The normalized spacial score (nSPS) is 10.4. The largest absolute Gasteiger partial charge is 0.294 e. The average Bonchev–Trinajstić information content (AvgIpc) is 2.70. The minimum atomic E-state index is 0.0368. The highest BCUT2D eigenvalue weighted by Crippen LogP contribution is 2.25. The third-order valence-corrected chi connectivity index (χ3v) is 3.03. The van der Waals surface area contributed by atoms with Gasteiger partial charge in [-0.1, -0.05) is 0 Å². The van der Waals surface area contributed by atoms with Crippen LogP contribution in [0.25, 0.3) is 10.7 Å². The molecule has 0 aromatic carbocycles. The minimum absolute atomic E-state index is 0.0368. The maximum Gasteiger partial charge on any atom is 0.171 e. The van der Waals surface area contributed by atoms with Gasteiger partial charge in [-0.05, 0) is 6.92 Å². The lowest BCUT2D eigenvalue weighted by molar-refractivity contribution is 0.102. The molecule has 1 N–H and O–H groups in total. The number of aryl methyl sites for hydroxylation is 1. The lowest BCUT2D eigenvalue weighted by Gasteiger charge is -1.85. The number of aromatic nitrogens is 4. The fourth-order valence-corrected chi connectivity index (χ4v) is 2.05. The van der Waals surface area contributed by atoms with Gasteiger partial charge in [-0.2, -0.15) is 15.4 Å². The van der Waals surface area contributed by atoms with Crippen molar-refractivity contribution in [1.82, 2.24) is 20.4 Å². The molecule has 0 saturated heterocycles. The van der Waals surface area contributed by atoms with Crippen LogP contribution in [-0.2, 0) is 0 Å². The van der Waals surface area contributed by atoms with E-state index in [2.05, 4.69) is 20.4 Å². The molecule has 0 radical (unpaired) electrons. The first-order valence-electron chi connectivity index (χ1n) is 4.03. The quantitative estimate of drug-likeness (QED) is 0.758. The second kappa shape index (κ2) is 3.30. The van der Waals surface area contributed by atoms with Crippen LogP contribution in [0.4, 0.5) is 0 Å². The first-order valence-corrected chi connectivity index (χ1v) is 4.84. The number of Topliss-reactive ketones (excluding diaryl/α,β-unsaturated/α-hetero) is 1. The van der Waals surface area contributed by atoms with Crippen molar-refractivity contribution in [2.75, 3.05) is 0 Å². The maximum absolute atomic E-state index is 11.2. The van der Waals surface area contributed by atoms with Crippen LogP contribution in [0.1, 0.15) is 22.3 Å². The molecule has 0 saturated carbocycles. The first kappa shape index (κ1) is 9.01. The van der Waals surface area contributed by atoms with Crippen LogP contribution in [0.5, 0.6) is 0 Å². The number of nitrogens with one attached hydrogen (secondary N) is 1. The number of aromatic amines is 1. The van der Waals surface area contributed by atoms with Crippen LogP contribution in [0, 0.1) is 6.92 Å². The van der Waals surface area contributed by atoms with Gasteiger partial charge < -0.3 is 0 Å². The molecule has 0 amide bonds. The summed E-state index contributed by atoms with van der Waals surface area (Å²) in [5, 5.41) is 10.8. The molecular weight excluding hydrogens is 200 g/mol. The molecule has 6 heteroatoms. The number of carbonyl (C=O) groups excluding carboxylic acids is 1. The van der Waals surface area contributed by atoms with Gasteiger partial charge in [0.15, 0.2) is 5.78 Å². The van der Waals surface area contributed by atoms with Crippen molar-refractivity contribution in [3.05, 3.63) is 16.8 Å². The van der Waals surface area contributed by atoms with Crippen LogP contribution in [-0.4, -0.2) is 26.2 Å². The Kier molecular flexibility index (Phi) is 2.12. The molecule has 0 unspecified atom stereocenters. The van der Waals surface area contributed by atoms with Gasteiger partial charge in [-0.15, -0.1) is 11.3 Å². The van der Waals surface area contributed by atoms with Crippen molar-refractivity contribution in [1.29, 1.82) is 0 Å². The van der Waals surface area contributed by atoms with Gasteiger partial charge in [0.25, 0.3) is 0 Å². The molecule has 0 atom stereocenters. The van der Waals surface area contributed by atoms with Crippen LogP contribution in [0.15, 0.2) is 6.20 Å². The number of nitrogens with zero attached hydrogens (tertiary/aromatic N) is 3. The SMILES string of the molecule is CC(=O)c1sc(-c2cn[nH]n2)nc1C. The van der Waals surface area contributed by atoms with Crippen molar-refractivity contribution >= 4 is 17.1 Å². The fraction of sp³-hybridized carbons (Fsp3) is 0.250. The molecule has 2 aromatic rings. The number of hydrogen-bond donors (Lipinski definition) is 1. The van der Waals surface area contributed by atoms with Crippen molar-refractivity contribution in [3.8, 4) is 10.7 Å². The van der Waals surface area contributed by atoms with E-state index in [4.69, 9.17) is 0 Å². The average molecular weight is 208 g/mol. The number of thiazole rings is 1. The standard InChI is InChI=1S/C8H8N4OS/c1-4-7(5(2)13)14-8(10-4)6-3-9-12-11-6/h3H,1-2H3,(H,9,11,12). The van der Waals surface area contributed by atoms with E-state index in [-0.39, 0.29) is 5.78 Å². The monoisotopic (exact) mass is 208 g/mol. The summed E-state index contributed by atoms with van der Waals surface area (Å²) < 4.78 is 0. The summed E-state index contributed by atoms with van der Waals surface area (Å²) in [5.41, 5.74) is 1.42. The number of hydrogen-bond acceptors (Lipinski definition) is 5. The second-order valence-electron chi connectivity index (χ2n) is 2.84. The summed E-state index contributed by atoms with van der Waals surface area (Å²) in [5.74, 6) is 0.0368. The van der Waals surface area contributed by atoms with Gasteiger partial charge in [0, 0.05) is 6.92 Å². The predicted molar refractivity (Wildman–Crippen MR) is 52.2 cm³/mol. The molecule has 0 spiro atoms. The van der Waals surface area contributed by atoms with Gasteiger partial charge in [-0.3, -0.25) is 4.79 Å². The molecule has 2 aromatic heterocycles. The number of rotatable bonds is 2. The Hall–Kier alpha value is -1.56. The molecule has 2 heterocycles. The summed E-state index contributed by atoms with van der Waals surface area (Å²) in [6.07, 6.45) is 1.59. The Bertz CT molecular complexity index is 460. The Morgan fingerprint density at radius 1 is 1.57 bits per heavy atom. The molecule has 0 fully saturated rings. The smallest absolute Gasteiger partial charge is 0.171 e. The Balaban J connectivity index is 2.48. The zero-order valence-electron chi connectivity index (χ0n) is 7.74. The van der Waals surface area contributed by atoms with E-state index in [9.17, 15) is 4.79 Å². The zero-order valence-corrected chi connectivity index (χ0v) is 8.55. The highest BCUT2D eigenvalue weighted by molar-refractivity contribution is 7.17. The summed E-state index contributed by atoms with van der Waals surface area (Å²) in [6.45, 7) is 3.35. The third kappa shape index (κ3) is 1.44. The Morgan fingerprint density at radius 3 is 2.86 bits per heavy atom.